The van der Waals surface area contributed by atoms with Crippen LogP contribution in [-0.2, 0) is 0 Å². The third-order valence-corrected chi connectivity index (χ3v) is 6.15. The molecule has 5 rings (SSSR count). The number of carbonyl (C=O) groups excluding carboxylic acids is 1. The molecule has 0 atom stereocenters. The molecule has 0 unspecified atom stereocenters. The molecule has 0 spiro atoms. The van der Waals surface area contributed by atoms with E-state index in [0.29, 0.717) is 43.1 Å². The zero-order valence-corrected chi connectivity index (χ0v) is 18.3. The number of halogens is 1. The number of hydrogen-bond acceptors (Lipinski definition) is 5. The highest BCUT2D eigenvalue weighted by Crippen LogP contribution is 2.23. The molecular weight excluding hydrogens is 442 g/mol. The van der Waals surface area contributed by atoms with Gasteiger partial charge in [0.25, 0.3) is 17.0 Å². The Morgan fingerprint density at radius 2 is 1.64 bits per heavy atom. The molecule has 2 aromatic heterocycles. The van der Waals surface area contributed by atoms with Gasteiger partial charge in [0.15, 0.2) is 0 Å². The lowest BCUT2D eigenvalue weighted by molar-refractivity contribution is 0.0745. The van der Waals surface area contributed by atoms with E-state index in [0.717, 1.165) is 5.39 Å². The summed E-state index contributed by atoms with van der Waals surface area (Å²) in [5, 5.41) is 5.16. The van der Waals surface area contributed by atoms with Crippen molar-refractivity contribution in [1.29, 1.82) is 0 Å². The lowest BCUT2D eigenvalue weighted by Crippen LogP contribution is -2.50. The molecule has 0 radical (unpaired) electrons. The van der Waals surface area contributed by atoms with Crippen LogP contribution in [0.1, 0.15) is 10.4 Å². The number of fused-ring (bicyclic) bond motifs is 1. The first-order valence-electron chi connectivity index (χ1n) is 10.5. The molecule has 1 N–H and O–H groups in total. The van der Waals surface area contributed by atoms with Crippen molar-refractivity contribution < 1.29 is 4.79 Å². The van der Waals surface area contributed by atoms with Gasteiger partial charge in [0.05, 0.1) is 17.6 Å². The highest BCUT2D eigenvalue weighted by atomic mass is 35.5. The fourth-order valence-electron chi connectivity index (χ4n) is 4.02. The van der Waals surface area contributed by atoms with Crippen LogP contribution in [0.25, 0.3) is 16.6 Å². The average molecular weight is 462 g/mol. The Morgan fingerprint density at radius 1 is 0.939 bits per heavy atom. The van der Waals surface area contributed by atoms with E-state index in [1.807, 2.05) is 41.3 Å². The molecule has 1 aliphatic rings. The highest BCUT2D eigenvalue weighted by molar-refractivity contribution is 6.33. The Bertz CT molecular complexity index is 1460. The number of carbonyl (C=O) groups is 1. The standard InChI is InChI=1S/C24H20ClN5O3/c25-21-20(15-26-30(24(21)33)17-7-2-1-3-8-17)28-10-12-29(13-11-28)23(32)18-14-16-6-4-5-9-19(16)27-22(18)31/h1-9,14-15H,10-13H2,(H,27,31). The number of anilines is 1. The van der Waals surface area contributed by atoms with Crippen molar-refractivity contribution in [2.45, 2.75) is 0 Å². The molecular formula is C24H20ClN5O3. The number of H-pyrrole nitrogens is 1. The van der Waals surface area contributed by atoms with Crippen LogP contribution < -0.4 is 16.0 Å². The third-order valence-electron chi connectivity index (χ3n) is 5.79. The summed E-state index contributed by atoms with van der Waals surface area (Å²) in [5.74, 6) is -0.314. The Labute approximate surface area is 193 Å². The minimum absolute atomic E-state index is 0.0830. The van der Waals surface area contributed by atoms with E-state index in [9.17, 15) is 14.4 Å². The minimum Gasteiger partial charge on any atom is -0.365 e. The van der Waals surface area contributed by atoms with Gasteiger partial charge in [-0.2, -0.15) is 9.78 Å². The zero-order valence-electron chi connectivity index (χ0n) is 17.6. The molecule has 166 valence electrons. The van der Waals surface area contributed by atoms with Gasteiger partial charge >= 0.3 is 0 Å². The highest BCUT2D eigenvalue weighted by Gasteiger charge is 2.26. The minimum atomic E-state index is -0.405. The van der Waals surface area contributed by atoms with E-state index in [1.165, 1.54) is 4.68 Å². The van der Waals surface area contributed by atoms with Gasteiger partial charge in [-0.15, -0.1) is 0 Å². The number of benzene rings is 2. The summed E-state index contributed by atoms with van der Waals surface area (Å²) in [6.07, 6.45) is 1.57. The first kappa shape index (κ1) is 21.0. The predicted molar refractivity (Wildman–Crippen MR) is 128 cm³/mol. The fraction of sp³-hybridized carbons (Fsp3) is 0.167. The molecule has 2 aromatic carbocycles. The predicted octanol–water partition coefficient (Wildman–Crippen LogP) is 2.69. The molecule has 8 nitrogen and oxygen atoms in total. The summed E-state index contributed by atoms with van der Waals surface area (Å²) in [5.41, 5.74) is 1.17. The molecule has 0 saturated carbocycles. The van der Waals surface area contributed by atoms with Gasteiger partial charge in [0, 0.05) is 31.7 Å². The lowest BCUT2D eigenvalue weighted by Gasteiger charge is -2.36. The van der Waals surface area contributed by atoms with Crippen molar-refractivity contribution >= 4 is 34.1 Å². The number of nitrogens with one attached hydrogen (secondary N) is 1. The second-order valence-corrected chi connectivity index (χ2v) is 8.15. The molecule has 1 aliphatic heterocycles. The molecule has 1 saturated heterocycles. The molecule has 1 amide bonds. The summed E-state index contributed by atoms with van der Waals surface area (Å²) in [7, 11) is 0. The van der Waals surface area contributed by atoms with Gasteiger partial charge in [-0.25, -0.2) is 0 Å². The number of para-hydroxylation sites is 2. The van der Waals surface area contributed by atoms with E-state index < -0.39 is 11.1 Å². The van der Waals surface area contributed by atoms with Crippen molar-refractivity contribution in [3.8, 4) is 5.69 Å². The number of aromatic nitrogens is 3. The van der Waals surface area contributed by atoms with Crippen molar-refractivity contribution in [3.05, 3.63) is 98.2 Å². The van der Waals surface area contributed by atoms with Crippen LogP contribution >= 0.6 is 11.6 Å². The van der Waals surface area contributed by atoms with Crippen molar-refractivity contribution in [2.75, 3.05) is 31.1 Å². The lowest BCUT2D eigenvalue weighted by atomic mass is 10.1. The zero-order chi connectivity index (χ0) is 22.9. The van der Waals surface area contributed by atoms with Gasteiger partial charge in [-0.3, -0.25) is 14.4 Å². The Morgan fingerprint density at radius 3 is 2.39 bits per heavy atom. The van der Waals surface area contributed by atoms with Gasteiger partial charge in [-0.1, -0.05) is 48.0 Å². The largest absolute Gasteiger partial charge is 0.365 e. The SMILES string of the molecule is O=C(c1cc2ccccc2[nH]c1=O)N1CCN(c2cnn(-c3ccccc3)c(=O)c2Cl)CC1. The van der Waals surface area contributed by atoms with Crippen LogP contribution in [0.5, 0.6) is 0 Å². The number of aromatic amines is 1. The second-order valence-electron chi connectivity index (χ2n) is 7.77. The van der Waals surface area contributed by atoms with Crippen LogP contribution in [0.3, 0.4) is 0 Å². The van der Waals surface area contributed by atoms with Gasteiger partial charge in [0.2, 0.25) is 0 Å². The van der Waals surface area contributed by atoms with Gasteiger partial charge in [-0.05, 0) is 29.7 Å². The quantitative estimate of drug-likeness (QED) is 0.506. The Balaban J connectivity index is 1.34. The molecule has 9 heteroatoms. The maximum atomic E-state index is 13.0. The number of rotatable bonds is 3. The number of piperazine rings is 1. The summed E-state index contributed by atoms with van der Waals surface area (Å²) in [4.78, 5) is 44.6. The summed E-state index contributed by atoms with van der Waals surface area (Å²) >= 11 is 6.41. The molecule has 1 fully saturated rings. The number of pyridine rings is 1. The maximum absolute atomic E-state index is 13.0. The topological polar surface area (TPSA) is 91.3 Å². The number of hydrogen-bond donors (Lipinski definition) is 1. The van der Waals surface area contributed by atoms with Crippen LogP contribution in [0.4, 0.5) is 5.69 Å². The summed E-state index contributed by atoms with van der Waals surface area (Å²) in [6, 6.07) is 18.0. The van der Waals surface area contributed by atoms with Gasteiger partial charge in [0.1, 0.15) is 10.6 Å². The second kappa shape index (κ2) is 8.55. The molecule has 0 bridgehead atoms. The molecule has 4 aromatic rings. The Kier molecular flexibility index (Phi) is 5.43. The van der Waals surface area contributed by atoms with E-state index in [4.69, 9.17) is 11.6 Å². The van der Waals surface area contributed by atoms with E-state index in [-0.39, 0.29) is 16.5 Å². The fourth-order valence-corrected chi connectivity index (χ4v) is 4.27. The number of amides is 1. The first-order valence-corrected chi connectivity index (χ1v) is 10.9. The normalized spacial score (nSPS) is 14.0. The van der Waals surface area contributed by atoms with E-state index in [2.05, 4.69) is 10.1 Å². The van der Waals surface area contributed by atoms with Crippen LogP contribution in [-0.4, -0.2) is 51.8 Å². The third kappa shape index (κ3) is 3.89. The van der Waals surface area contributed by atoms with Gasteiger partial charge < -0.3 is 14.8 Å². The summed E-state index contributed by atoms with van der Waals surface area (Å²) in [6.45, 7) is 1.72. The molecule has 33 heavy (non-hydrogen) atoms. The van der Waals surface area contributed by atoms with Crippen molar-refractivity contribution in [3.63, 3.8) is 0 Å². The van der Waals surface area contributed by atoms with Crippen LogP contribution in [0.2, 0.25) is 5.02 Å². The van der Waals surface area contributed by atoms with Crippen molar-refractivity contribution in [1.82, 2.24) is 19.7 Å². The smallest absolute Gasteiger partial charge is 0.292 e. The molecule has 0 aliphatic carbocycles. The average Bonchev–Trinajstić information content (AvgIpc) is 2.85. The summed E-state index contributed by atoms with van der Waals surface area (Å²) < 4.78 is 1.26. The molecule has 3 heterocycles. The van der Waals surface area contributed by atoms with E-state index in [1.54, 1.807) is 35.4 Å². The monoisotopic (exact) mass is 461 g/mol. The van der Waals surface area contributed by atoms with Crippen molar-refractivity contribution in [2.24, 2.45) is 0 Å². The van der Waals surface area contributed by atoms with E-state index >= 15 is 0 Å². The first-order chi connectivity index (χ1) is 16.0. The Hall–Kier alpha value is -3.91. The number of nitrogens with zero attached hydrogens (tertiary/aromatic N) is 4. The van der Waals surface area contributed by atoms with Crippen LogP contribution in [0.15, 0.2) is 76.4 Å². The maximum Gasteiger partial charge on any atom is 0.292 e. The van der Waals surface area contributed by atoms with Crippen LogP contribution in [0, 0.1) is 0 Å².